The van der Waals surface area contributed by atoms with Crippen molar-refractivity contribution in [2.45, 2.75) is 42.6 Å². The Kier molecular flexibility index (Phi) is 7.37. The number of benzene rings is 3. The van der Waals surface area contributed by atoms with Crippen molar-refractivity contribution >= 4 is 23.3 Å². The molecule has 3 aromatic carbocycles. The average molecular weight is 429 g/mol. The van der Waals surface area contributed by atoms with E-state index in [1.54, 1.807) is 0 Å². The summed E-state index contributed by atoms with van der Waals surface area (Å²) in [7, 11) is 0. The van der Waals surface area contributed by atoms with E-state index < -0.39 is 5.92 Å². The summed E-state index contributed by atoms with van der Waals surface area (Å²) < 4.78 is 0. The van der Waals surface area contributed by atoms with Crippen LogP contribution in [0.2, 0.25) is 0 Å². The van der Waals surface area contributed by atoms with Crippen LogP contribution in [-0.2, 0) is 0 Å². The molecule has 31 heavy (non-hydrogen) atoms. The highest BCUT2D eigenvalue weighted by Gasteiger charge is 2.33. The van der Waals surface area contributed by atoms with Crippen molar-refractivity contribution in [3.8, 4) is 0 Å². The number of Topliss-reactive ketones (excluding diaryl/α,β-unsaturated/α-hetero) is 2. The van der Waals surface area contributed by atoms with Gasteiger partial charge in [0, 0.05) is 21.6 Å². The maximum absolute atomic E-state index is 13.5. The van der Waals surface area contributed by atoms with Crippen LogP contribution in [0.4, 0.5) is 0 Å². The van der Waals surface area contributed by atoms with Crippen LogP contribution in [0.3, 0.4) is 0 Å². The topological polar surface area (TPSA) is 34.1 Å². The number of rotatable bonds is 9. The van der Waals surface area contributed by atoms with Crippen LogP contribution in [0.1, 0.15) is 63.6 Å². The molecule has 1 atom stereocenters. The minimum atomic E-state index is -0.691. The van der Waals surface area contributed by atoms with Crippen LogP contribution < -0.4 is 0 Å². The van der Waals surface area contributed by atoms with Gasteiger partial charge in [0.25, 0.3) is 0 Å². The number of thioether (sulfide) groups is 1. The Labute approximate surface area is 189 Å². The third-order valence-corrected chi connectivity index (χ3v) is 7.68. The van der Waals surface area contributed by atoms with Gasteiger partial charge in [-0.3, -0.25) is 9.59 Å². The first-order valence-electron chi connectivity index (χ1n) is 11.1. The molecule has 4 rings (SSSR count). The van der Waals surface area contributed by atoms with Gasteiger partial charge in [-0.2, -0.15) is 11.8 Å². The number of hydrogen-bond acceptors (Lipinski definition) is 3. The molecule has 0 heterocycles. The average Bonchev–Trinajstić information content (AvgIpc) is 3.36. The summed E-state index contributed by atoms with van der Waals surface area (Å²) in [6.45, 7) is 0. The lowest BCUT2D eigenvalue weighted by atomic mass is 9.85. The molecule has 1 aliphatic carbocycles. The van der Waals surface area contributed by atoms with Crippen LogP contribution in [0.15, 0.2) is 91.0 Å². The predicted molar refractivity (Wildman–Crippen MR) is 129 cm³/mol. The van der Waals surface area contributed by atoms with Crippen LogP contribution >= 0.6 is 11.8 Å². The Morgan fingerprint density at radius 1 is 0.710 bits per heavy atom. The first kappa shape index (κ1) is 21.6. The molecular weight excluding hydrogens is 400 g/mol. The van der Waals surface area contributed by atoms with E-state index in [1.807, 2.05) is 90.6 Å². The first-order valence-corrected chi connectivity index (χ1v) is 12.1. The molecule has 0 aliphatic heterocycles. The molecule has 0 N–H and O–H groups in total. The van der Waals surface area contributed by atoms with Gasteiger partial charge in [0.05, 0.1) is 5.92 Å². The van der Waals surface area contributed by atoms with E-state index in [9.17, 15) is 9.59 Å². The Hall–Kier alpha value is -2.65. The Balaban J connectivity index is 1.66. The lowest BCUT2D eigenvalue weighted by Crippen LogP contribution is -2.26. The summed E-state index contributed by atoms with van der Waals surface area (Å²) in [4.78, 5) is 27.1. The molecule has 0 amide bonds. The summed E-state index contributed by atoms with van der Waals surface area (Å²) in [6.07, 6.45) is 5.51. The largest absolute Gasteiger partial charge is 0.293 e. The molecule has 158 valence electrons. The Bertz CT molecular complexity index is 928. The number of hydrogen-bond donors (Lipinski definition) is 0. The smallest absolute Gasteiger partial charge is 0.173 e. The van der Waals surface area contributed by atoms with Gasteiger partial charge in [0.15, 0.2) is 11.6 Å². The third kappa shape index (κ3) is 5.54. The minimum Gasteiger partial charge on any atom is -0.293 e. The molecule has 2 nitrogen and oxygen atoms in total. The van der Waals surface area contributed by atoms with Crippen molar-refractivity contribution in [1.82, 2.24) is 0 Å². The Morgan fingerprint density at radius 2 is 1.16 bits per heavy atom. The molecule has 1 unspecified atom stereocenters. The second-order valence-electron chi connectivity index (χ2n) is 8.19. The molecule has 1 aliphatic rings. The maximum atomic E-state index is 13.5. The van der Waals surface area contributed by atoms with Gasteiger partial charge in [-0.05, 0) is 24.8 Å². The van der Waals surface area contributed by atoms with E-state index in [0.29, 0.717) is 22.8 Å². The summed E-state index contributed by atoms with van der Waals surface area (Å²) in [5.74, 6) is -0.853. The van der Waals surface area contributed by atoms with Gasteiger partial charge in [0.1, 0.15) is 0 Å². The normalized spacial score (nSPS) is 15.1. The summed E-state index contributed by atoms with van der Waals surface area (Å²) in [6, 6.07) is 28.9. The molecule has 0 aromatic heterocycles. The standard InChI is InChI=1S/C28H28O2S/c29-27(22-14-6-2-7-15-22)25(28(30)23-16-8-3-9-17-23)20-26(21-12-4-1-5-13-21)31-24-18-10-11-19-24/h1-9,12-17,24-26H,10-11,18-20H2. The number of carbonyl (C=O) groups excluding carboxylic acids is 2. The molecule has 1 saturated carbocycles. The quantitative estimate of drug-likeness (QED) is 0.267. The van der Waals surface area contributed by atoms with Gasteiger partial charge in [0.2, 0.25) is 0 Å². The second-order valence-corrected chi connectivity index (χ2v) is 9.70. The highest BCUT2D eigenvalue weighted by Crippen LogP contribution is 2.43. The van der Waals surface area contributed by atoms with E-state index in [0.717, 1.165) is 0 Å². The summed E-state index contributed by atoms with van der Waals surface area (Å²) in [5.41, 5.74) is 2.41. The zero-order valence-electron chi connectivity index (χ0n) is 17.7. The van der Waals surface area contributed by atoms with Gasteiger partial charge < -0.3 is 0 Å². The molecule has 1 fully saturated rings. The minimum absolute atomic E-state index is 0.0811. The van der Waals surface area contributed by atoms with Gasteiger partial charge in [-0.25, -0.2) is 0 Å². The third-order valence-electron chi connectivity index (χ3n) is 6.03. The molecule has 0 bridgehead atoms. The second kappa shape index (κ2) is 10.6. The molecule has 3 aromatic rings. The van der Waals surface area contributed by atoms with Crippen molar-refractivity contribution in [2.75, 3.05) is 0 Å². The monoisotopic (exact) mass is 428 g/mol. The van der Waals surface area contributed by atoms with Gasteiger partial charge in [-0.1, -0.05) is 104 Å². The van der Waals surface area contributed by atoms with Crippen molar-refractivity contribution < 1.29 is 9.59 Å². The van der Waals surface area contributed by atoms with Gasteiger partial charge in [-0.15, -0.1) is 0 Å². The number of ketones is 2. The van der Waals surface area contributed by atoms with Crippen LogP contribution in [-0.4, -0.2) is 16.8 Å². The fourth-order valence-corrected chi connectivity index (χ4v) is 6.04. The zero-order chi connectivity index (χ0) is 21.5. The molecule has 0 saturated heterocycles. The molecular formula is C28H28O2S. The molecule has 0 spiro atoms. The fraction of sp³-hybridized carbons (Fsp3) is 0.286. The highest BCUT2D eigenvalue weighted by atomic mass is 32.2. The van der Waals surface area contributed by atoms with E-state index in [2.05, 4.69) is 12.1 Å². The maximum Gasteiger partial charge on any atom is 0.173 e. The number of carbonyl (C=O) groups is 2. The molecule has 3 heteroatoms. The first-order chi connectivity index (χ1) is 15.2. The lowest BCUT2D eigenvalue weighted by Gasteiger charge is -2.25. The summed E-state index contributed by atoms with van der Waals surface area (Å²) in [5, 5.41) is 0.721. The van der Waals surface area contributed by atoms with E-state index in [-0.39, 0.29) is 16.8 Å². The van der Waals surface area contributed by atoms with Crippen molar-refractivity contribution in [1.29, 1.82) is 0 Å². The van der Waals surface area contributed by atoms with Crippen LogP contribution in [0.25, 0.3) is 0 Å². The van der Waals surface area contributed by atoms with Crippen molar-refractivity contribution in [2.24, 2.45) is 5.92 Å². The fourth-order valence-electron chi connectivity index (χ4n) is 4.35. The SMILES string of the molecule is O=C(c1ccccc1)C(CC(SC1CCCC1)c1ccccc1)C(=O)c1ccccc1. The Morgan fingerprint density at radius 3 is 1.65 bits per heavy atom. The van der Waals surface area contributed by atoms with Crippen molar-refractivity contribution in [3.63, 3.8) is 0 Å². The highest BCUT2D eigenvalue weighted by molar-refractivity contribution is 8.00. The lowest BCUT2D eigenvalue weighted by molar-refractivity contribution is 0.0799. The van der Waals surface area contributed by atoms with E-state index in [4.69, 9.17) is 0 Å². The van der Waals surface area contributed by atoms with E-state index >= 15 is 0 Å². The predicted octanol–water partition coefficient (Wildman–Crippen LogP) is 7.18. The molecule has 0 radical (unpaired) electrons. The van der Waals surface area contributed by atoms with Crippen LogP contribution in [0.5, 0.6) is 0 Å². The van der Waals surface area contributed by atoms with Crippen molar-refractivity contribution in [3.05, 3.63) is 108 Å². The van der Waals surface area contributed by atoms with E-state index in [1.165, 1.54) is 31.2 Å². The summed E-state index contributed by atoms with van der Waals surface area (Å²) >= 11 is 1.95. The van der Waals surface area contributed by atoms with Gasteiger partial charge >= 0.3 is 0 Å². The zero-order valence-corrected chi connectivity index (χ0v) is 18.5. The van der Waals surface area contributed by atoms with Crippen LogP contribution in [0, 0.1) is 5.92 Å².